The lowest BCUT2D eigenvalue weighted by Crippen LogP contribution is -2.42. The third-order valence-corrected chi connectivity index (χ3v) is 2.41. The van der Waals surface area contributed by atoms with Gasteiger partial charge in [0.2, 0.25) is 0 Å². The summed E-state index contributed by atoms with van der Waals surface area (Å²) in [6.45, 7) is 7.36. The van der Waals surface area contributed by atoms with E-state index in [9.17, 15) is 9.59 Å². The standard InChI is InChI=1S/C15H22N2O4/c1-5-20-11-8-6-7-10(16)13(11)14(19)21-9-12(18)17-15(2,3)4/h6-8H,5,9,16H2,1-4H3,(H,17,18). The molecule has 0 saturated carbocycles. The molecule has 3 N–H and O–H groups in total. The minimum Gasteiger partial charge on any atom is -0.493 e. The van der Waals surface area contributed by atoms with Gasteiger partial charge in [-0.1, -0.05) is 6.07 Å². The predicted molar refractivity (Wildman–Crippen MR) is 80.2 cm³/mol. The monoisotopic (exact) mass is 294 g/mol. The zero-order valence-corrected chi connectivity index (χ0v) is 12.9. The van der Waals surface area contributed by atoms with Gasteiger partial charge in [0.15, 0.2) is 6.61 Å². The van der Waals surface area contributed by atoms with E-state index in [1.807, 2.05) is 20.8 Å². The van der Waals surface area contributed by atoms with Crippen molar-refractivity contribution in [1.29, 1.82) is 0 Å². The van der Waals surface area contributed by atoms with Gasteiger partial charge in [-0.05, 0) is 39.8 Å². The number of anilines is 1. The van der Waals surface area contributed by atoms with Crippen LogP contribution >= 0.6 is 0 Å². The summed E-state index contributed by atoms with van der Waals surface area (Å²) in [6.07, 6.45) is 0. The highest BCUT2D eigenvalue weighted by atomic mass is 16.5. The normalized spacial score (nSPS) is 10.9. The lowest BCUT2D eigenvalue weighted by atomic mass is 10.1. The Labute approximate surface area is 124 Å². The molecule has 0 aliphatic heterocycles. The number of carbonyl (C=O) groups is 2. The molecule has 0 unspecified atom stereocenters. The fourth-order valence-electron chi connectivity index (χ4n) is 1.70. The minimum absolute atomic E-state index is 0.142. The second-order valence-electron chi connectivity index (χ2n) is 5.53. The molecule has 0 fully saturated rings. The average molecular weight is 294 g/mol. The van der Waals surface area contributed by atoms with Gasteiger partial charge >= 0.3 is 5.97 Å². The lowest BCUT2D eigenvalue weighted by Gasteiger charge is -2.20. The number of nitrogens with two attached hydrogens (primary N) is 1. The van der Waals surface area contributed by atoms with Gasteiger partial charge in [-0.15, -0.1) is 0 Å². The Morgan fingerprint density at radius 1 is 1.29 bits per heavy atom. The number of carbonyl (C=O) groups excluding carboxylic acids is 2. The fraction of sp³-hybridized carbons (Fsp3) is 0.467. The summed E-state index contributed by atoms with van der Waals surface area (Å²) in [5.41, 5.74) is 5.79. The Bertz CT molecular complexity index is 521. The SMILES string of the molecule is CCOc1cccc(N)c1C(=O)OCC(=O)NC(C)(C)C. The molecular weight excluding hydrogens is 272 g/mol. The lowest BCUT2D eigenvalue weighted by molar-refractivity contribution is -0.125. The zero-order chi connectivity index (χ0) is 16.0. The highest BCUT2D eigenvalue weighted by Crippen LogP contribution is 2.25. The highest BCUT2D eigenvalue weighted by Gasteiger charge is 2.20. The number of benzene rings is 1. The molecule has 0 bridgehead atoms. The van der Waals surface area contributed by atoms with Crippen LogP contribution in [0.1, 0.15) is 38.1 Å². The molecule has 1 aromatic rings. The Hall–Kier alpha value is -2.24. The van der Waals surface area contributed by atoms with Crippen LogP contribution in [0.25, 0.3) is 0 Å². The average Bonchev–Trinajstić information content (AvgIpc) is 2.34. The summed E-state index contributed by atoms with van der Waals surface area (Å²) in [6, 6.07) is 4.89. The van der Waals surface area contributed by atoms with E-state index in [0.717, 1.165) is 0 Å². The van der Waals surface area contributed by atoms with E-state index in [1.165, 1.54) is 0 Å². The summed E-state index contributed by atoms with van der Waals surface area (Å²) in [5, 5.41) is 2.70. The van der Waals surface area contributed by atoms with Crippen molar-refractivity contribution in [1.82, 2.24) is 5.32 Å². The first-order chi connectivity index (χ1) is 9.74. The first-order valence-electron chi connectivity index (χ1n) is 6.74. The van der Waals surface area contributed by atoms with Crippen molar-refractivity contribution in [2.24, 2.45) is 0 Å². The third kappa shape index (κ3) is 5.33. The largest absolute Gasteiger partial charge is 0.493 e. The molecule has 1 aromatic carbocycles. The number of nitrogen functional groups attached to an aromatic ring is 1. The minimum atomic E-state index is -0.680. The van der Waals surface area contributed by atoms with Gasteiger partial charge < -0.3 is 20.5 Å². The van der Waals surface area contributed by atoms with Crippen molar-refractivity contribution in [2.45, 2.75) is 33.2 Å². The van der Waals surface area contributed by atoms with Crippen molar-refractivity contribution >= 4 is 17.6 Å². The van der Waals surface area contributed by atoms with E-state index in [4.69, 9.17) is 15.2 Å². The van der Waals surface area contributed by atoms with Gasteiger partial charge in [0, 0.05) is 11.2 Å². The number of hydrogen-bond acceptors (Lipinski definition) is 5. The second kappa shape index (κ2) is 6.97. The van der Waals surface area contributed by atoms with E-state index < -0.39 is 5.97 Å². The molecule has 0 saturated heterocycles. The number of hydrogen-bond donors (Lipinski definition) is 2. The van der Waals surface area contributed by atoms with Crippen LogP contribution in [0.5, 0.6) is 5.75 Å². The molecular formula is C15H22N2O4. The zero-order valence-electron chi connectivity index (χ0n) is 12.9. The van der Waals surface area contributed by atoms with Crippen LogP contribution in [0, 0.1) is 0 Å². The molecule has 116 valence electrons. The van der Waals surface area contributed by atoms with E-state index >= 15 is 0 Å². The van der Waals surface area contributed by atoms with Gasteiger partial charge in [0.25, 0.3) is 5.91 Å². The molecule has 0 aliphatic rings. The number of rotatable bonds is 5. The molecule has 0 aliphatic carbocycles. The maximum atomic E-state index is 12.1. The molecule has 1 rings (SSSR count). The van der Waals surface area contributed by atoms with Crippen molar-refractivity contribution in [3.05, 3.63) is 23.8 Å². The molecule has 0 radical (unpaired) electrons. The van der Waals surface area contributed by atoms with E-state index in [1.54, 1.807) is 25.1 Å². The van der Waals surface area contributed by atoms with Crippen molar-refractivity contribution in [2.75, 3.05) is 18.9 Å². The number of nitrogens with one attached hydrogen (secondary N) is 1. The topological polar surface area (TPSA) is 90.7 Å². The van der Waals surface area contributed by atoms with Crippen LogP contribution in [-0.2, 0) is 9.53 Å². The van der Waals surface area contributed by atoms with Crippen LogP contribution in [0.4, 0.5) is 5.69 Å². The van der Waals surface area contributed by atoms with E-state index in [-0.39, 0.29) is 29.3 Å². The van der Waals surface area contributed by atoms with Crippen molar-refractivity contribution < 1.29 is 19.1 Å². The quantitative estimate of drug-likeness (QED) is 0.637. The van der Waals surface area contributed by atoms with Crippen LogP contribution in [0.2, 0.25) is 0 Å². The molecule has 6 nitrogen and oxygen atoms in total. The van der Waals surface area contributed by atoms with Gasteiger partial charge in [0.05, 0.1) is 6.61 Å². The summed E-state index contributed by atoms with van der Waals surface area (Å²) < 4.78 is 10.3. The van der Waals surface area contributed by atoms with Crippen molar-refractivity contribution in [3.8, 4) is 5.75 Å². The van der Waals surface area contributed by atoms with Gasteiger partial charge in [0.1, 0.15) is 11.3 Å². The first-order valence-corrected chi connectivity index (χ1v) is 6.74. The predicted octanol–water partition coefficient (Wildman–Crippen LogP) is 1.74. The van der Waals surface area contributed by atoms with Crippen LogP contribution < -0.4 is 15.8 Å². The van der Waals surface area contributed by atoms with Crippen LogP contribution in [0.3, 0.4) is 0 Å². The van der Waals surface area contributed by atoms with Crippen molar-refractivity contribution in [3.63, 3.8) is 0 Å². The number of amides is 1. The molecule has 0 aromatic heterocycles. The molecule has 6 heteroatoms. The maximum absolute atomic E-state index is 12.1. The second-order valence-corrected chi connectivity index (χ2v) is 5.53. The van der Waals surface area contributed by atoms with Gasteiger partial charge in [-0.3, -0.25) is 4.79 Å². The molecule has 0 heterocycles. The summed E-state index contributed by atoms with van der Waals surface area (Å²) in [4.78, 5) is 23.7. The Balaban J connectivity index is 2.74. The number of esters is 1. The smallest absolute Gasteiger partial charge is 0.344 e. The molecule has 0 atom stereocenters. The molecule has 21 heavy (non-hydrogen) atoms. The Morgan fingerprint density at radius 2 is 1.95 bits per heavy atom. The van der Waals surface area contributed by atoms with Crippen LogP contribution in [-0.4, -0.2) is 30.6 Å². The summed E-state index contributed by atoms with van der Waals surface area (Å²) in [7, 11) is 0. The fourth-order valence-corrected chi connectivity index (χ4v) is 1.70. The number of ether oxygens (including phenoxy) is 2. The maximum Gasteiger partial charge on any atom is 0.344 e. The van der Waals surface area contributed by atoms with Gasteiger partial charge in [-0.2, -0.15) is 0 Å². The van der Waals surface area contributed by atoms with Crippen LogP contribution in [0.15, 0.2) is 18.2 Å². The first kappa shape index (κ1) is 16.8. The third-order valence-electron chi connectivity index (χ3n) is 2.41. The van der Waals surface area contributed by atoms with E-state index in [0.29, 0.717) is 12.4 Å². The van der Waals surface area contributed by atoms with E-state index in [2.05, 4.69) is 5.32 Å². The molecule has 0 spiro atoms. The molecule has 1 amide bonds. The summed E-state index contributed by atoms with van der Waals surface area (Å²) in [5.74, 6) is -0.706. The Kier molecular flexibility index (Phi) is 5.58. The Morgan fingerprint density at radius 3 is 2.52 bits per heavy atom. The van der Waals surface area contributed by atoms with Gasteiger partial charge in [-0.25, -0.2) is 4.79 Å². The summed E-state index contributed by atoms with van der Waals surface area (Å²) >= 11 is 0. The highest BCUT2D eigenvalue weighted by molar-refractivity contribution is 5.99.